The van der Waals surface area contributed by atoms with Crippen LogP contribution in [0.1, 0.15) is 31.1 Å². The Morgan fingerprint density at radius 3 is 2.57 bits per heavy atom. The van der Waals surface area contributed by atoms with Crippen LogP contribution in [0.5, 0.6) is 5.75 Å². The van der Waals surface area contributed by atoms with Crippen LogP contribution in [0.25, 0.3) is 10.2 Å². The van der Waals surface area contributed by atoms with Gasteiger partial charge in [0.15, 0.2) is 5.13 Å². The summed E-state index contributed by atoms with van der Waals surface area (Å²) in [5.41, 5.74) is 1.62. The molecule has 1 aromatic heterocycles. The van der Waals surface area contributed by atoms with E-state index in [9.17, 15) is 4.79 Å². The molecule has 3 rings (SSSR count). The molecule has 0 aliphatic rings. The third-order valence-electron chi connectivity index (χ3n) is 5.01. The second-order valence-corrected chi connectivity index (χ2v) is 9.06. The van der Waals surface area contributed by atoms with Crippen LogP contribution in [0.15, 0.2) is 47.4 Å². The summed E-state index contributed by atoms with van der Waals surface area (Å²) in [7, 11) is 1.66. The number of likely N-dealkylation sites (N-methyl/N-ethyl adjacent to an activating group) is 1. The number of carbonyl (C=O) groups is 1. The predicted molar refractivity (Wildman–Crippen MR) is 128 cm³/mol. The lowest BCUT2D eigenvalue weighted by atomic mass is 10.2. The minimum Gasteiger partial charge on any atom is -0.497 e. The van der Waals surface area contributed by atoms with Crippen LogP contribution in [0.4, 0.5) is 5.13 Å². The standard InChI is InChI=1S/C23H29N3O2S2/c1-5-25(6-2)14-15-26(22(27)18-10-8-9-11-20(18)29-7-3)23-24-19-13-12-17(28-4)16-21(19)30-23/h8-13,16H,5-7,14-15H2,1-4H3. The number of methoxy groups -OCH3 is 1. The van der Waals surface area contributed by atoms with Crippen molar-refractivity contribution in [3.8, 4) is 5.75 Å². The number of thioether (sulfide) groups is 1. The molecule has 0 unspecified atom stereocenters. The largest absolute Gasteiger partial charge is 0.497 e. The Morgan fingerprint density at radius 1 is 1.10 bits per heavy atom. The van der Waals surface area contributed by atoms with E-state index in [0.29, 0.717) is 6.54 Å². The number of rotatable bonds is 10. The highest BCUT2D eigenvalue weighted by atomic mass is 32.2. The second-order valence-electron chi connectivity index (χ2n) is 6.74. The summed E-state index contributed by atoms with van der Waals surface area (Å²) >= 11 is 3.23. The summed E-state index contributed by atoms with van der Waals surface area (Å²) in [5.74, 6) is 1.72. The van der Waals surface area contributed by atoms with E-state index in [1.165, 1.54) is 11.3 Å². The molecule has 3 aromatic rings. The van der Waals surface area contributed by atoms with Gasteiger partial charge in [0.05, 0.1) is 22.9 Å². The topological polar surface area (TPSA) is 45.7 Å². The fourth-order valence-corrected chi connectivity index (χ4v) is 5.09. The number of fused-ring (bicyclic) bond motifs is 1. The number of hydrogen-bond donors (Lipinski definition) is 0. The molecule has 0 aliphatic carbocycles. The van der Waals surface area contributed by atoms with Crippen LogP contribution in [0, 0.1) is 0 Å². The van der Waals surface area contributed by atoms with E-state index in [-0.39, 0.29) is 5.91 Å². The van der Waals surface area contributed by atoms with E-state index < -0.39 is 0 Å². The lowest BCUT2D eigenvalue weighted by molar-refractivity contribution is 0.0981. The van der Waals surface area contributed by atoms with Gasteiger partial charge in [-0.25, -0.2) is 4.98 Å². The zero-order valence-electron chi connectivity index (χ0n) is 18.1. The van der Waals surface area contributed by atoms with Gasteiger partial charge in [0.1, 0.15) is 5.75 Å². The Hall–Kier alpha value is -2.09. The molecule has 7 heteroatoms. The van der Waals surface area contributed by atoms with E-state index in [0.717, 1.165) is 56.9 Å². The molecular weight excluding hydrogens is 414 g/mol. The van der Waals surface area contributed by atoms with E-state index in [1.807, 2.05) is 47.4 Å². The summed E-state index contributed by atoms with van der Waals surface area (Å²) in [6.45, 7) is 9.71. The first kappa shape index (κ1) is 22.6. The van der Waals surface area contributed by atoms with E-state index in [4.69, 9.17) is 9.72 Å². The molecule has 0 saturated heterocycles. The van der Waals surface area contributed by atoms with Gasteiger partial charge in [-0.3, -0.25) is 9.69 Å². The Morgan fingerprint density at radius 2 is 1.87 bits per heavy atom. The van der Waals surface area contributed by atoms with Crippen molar-refractivity contribution in [2.45, 2.75) is 25.7 Å². The molecule has 0 spiro atoms. The normalized spacial score (nSPS) is 11.2. The predicted octanol–water partition coefficient (Wildman–Crippen LogP) is 5.41. The molecule has 1 heterocycles. The monoisotopic (exact) mass is 443 g/mol. The average molecular weight is 444 g/mol. The molecule has 0 saturated carbocycles. The van der Waals surface area contributed by atoms with Crippen LogP contribution >= 0.6 is 23.1 Å². The molecule has 0 bridgehead atoms. The van der Waals surface area contributed by atoms with Crippen molar-refractivity contribution in [1.29, 1.82) is 0 Å². The van der Waals surface area contributed by atoms with Gasteiger partial charge < -0.3 is 9.64 Å². The Labute approximate surface area is 187 Å². The van der Waals surface area contributed by atoms with Crippen LogP contribution in [-0.2, 0) is 0 Å². The number of carbonyl (C=O) groups excluding carboxylic acids is 1. The molecule has 0 N–H and O–H groups in total. The lowest BCUT2D eigenvalue weighted by Crippen LogP contribution is -2.39. The number of hydrogen-bond acceptors (Lipinski definition) is 6. The van der Waals surface area contributed by atoms with Gasteiger partial charge in [-0.15, -0.1) is 11.8 Å². The number of benzene rings is 2. The van der Waals surface area contributed by atoms with Crippen molar-refractivity contribution in [2.75, 3.05) is 43.9 Å². The van der Waals surface area contributed by atoms with Crippen LogP contribution in [0.2, 0.25) is 0 Å². The van der Waals surface area contributed by atoms with Gasteiger partial charge in [0.25, 0.3) is 5.91 Å². The molecule has 0 radical (unpaired) electrons. The van der Waals surface area contributed by atoms with Crippen molar-refractivity contribution >= 4 is 44.4 Å². The zero-order chi connectivity index (χ0) is 21.5. The van der Waals surface area contributed by atoms with E-state index in [2.05, 4.69) is 25.7 Å². The van der Waals surface area contributed by atoms with Gasteiger partial charge in [0.2, 0.25) is 0 Å². The smallest absolute Gasteiger partial charge is 0.261 e. The van der Waals surface area contributed by atoms with Crippen molar-refractivity contribution in [2.24, 2.45) is 0 Å². The summed E-state index contributed by atoms with van der Waals surface area (Å²) in [6, 6.07) is 13.7. The van der Waals surface area contributed by atoms with Gasteiger partial charge in [-0.1, -0.05) is 44.2 Å². The zero-order valence-corrected chi connectivity index (χ0v) is 19.7. The number of anilines is 1. The van der Waals surface area contributed by atoms with Crippen molar-refractivity contribution < 1.29 is 9.53 Å². The fraction of sp³-hybridized carbons (Fsp3) is 0.391. The van der Waals surface area contributed by atoms with Crippen LogP contribution in [0.3, 0.4) is 0 Å². The molecular formula is C23H29N3O2S2. The van der Waals surface area contributed by atoms with Gasteiger partial charge >= 0.3 is 0 Å². The van der Waals surface area contributed by atoms with Crippen molar-refractivity contribution in [3.63, 3.8) is 0 Å². The molecule has 2 aromatic carbocycles. The number of ether oxygens (including phenoxy) is 1. The number of nitrogens with zero attached hydrogens (tertiary/aromatic N) is 3. The maximum atomic E-state index is 13.7. The maximum absolute atomic E-state index is 13.7. The molecule has 0 fully saturated rings. The van der Waals surface area contributed by atoms with Gasteiger partial charge in [-0.05, 0) is 49.2 Å². The minimum atomic E-state index is 0.00438. The third kappa shape index (κ3) is 5.14. The maximum Gasteiger partial charge on any atom is 0.261 e. The molecule has 30 heavy (non-hydrogen) atoms. The average Bonchev–Trinajstić information content (AvgIpc) is 3.20. The highest BCUT2D eigenvalue weighted by Gasteiger charge is 2.24. The van der Waals surface area contributed by atoms with E-state index >= 15 is 0 Å². The summed E-state index contributed by atoms with van der Waals surface area (Å²) in [5, 5.41) is 0.728. The first-order chi connectivity index (χ1) is 14.6. The Kier molecular flexibility index (Phi) is 8.13. The first-order valence-electron chi connectivity index (χ1n) is 10.3. The fourth-order valence-electron chi connectivity index (χ4n) is 3.27. The molecule has 0 aliphatic heterocycles. The molecule has 160 valence electrons. The van der Waals surface area contributed by atoms with Crippen molar-refractivity contribution in [3.05, 3.63) is 48.0 Å². The summed E-state index contributed by atoms with van der Waals surface area (Å²) in [6.07, 6.45) is 0. The summed E-state index contributed by atoms with van der Waals surface area (Å²) in [4.78, 5) is 23.6. The molecule has 0 atom stereocenters. The molecule has 5 nitrogen and oxygen atoms in total. The van der Waals surface area contributed by atoms with Crippen LogP contribution < -0.4 is 9.64 Å². The van der Waals surface area contributed by atoms with Gasteiger partial charge in [0, 0.05) is 18.0 Å². The minimum absolute atomic E-state index is 0.00438. The first-order valence-corrected chi connectivity index (χ1v) is 12.1. The Bertz CT molecular complexity index is 985. The number of thiazole rings is 1. The van der Waals surface area contributed by atoms with E-state index in [1.54, 1.807) is 18.9 Å². The number of amides is 1. The lowest BCUT2D eigenvalue weighted by Gasteiger charge is -2.25. The summed E-state index contributed by atoms with van der Waals surface area (Å²) < 4.78 is 6.36. The highest BCUT2D eigenvalue weighted by Crippen LogP contribution is 2.33. The SMILES string of the molecule is CCSc1ccccc1C(=O)N(CCN(CC)CC)c1nc2ccc(OC)cc2s1. The van der Waals surface area contributed by atoms with Crippen molar-refractivity contribution in [1.82, 2.24) is 9.88 Å². The Balaban J connectivity index is 1.99. The molecule has 1 amide bonds. The second kappa shape index (κ2) is 10.8. The quantitative estimate of drug-likeness (QED) is 0.392. The van der Waals surface area contributed by atoms with Gasteiger partial charge in [-0.2, -0.15) is 0 Å². The highest BCUT2D eigenvalue weighted by molar-refractivity contribution is 7.99. The number of aromatic nitrogens is 1. The van der Waals surface area contributed by atoms with Crippen LogP contribution in [-0.4, -0.2) is 54.8 Å². The third-order valence-corrected chi connectivity index (χ3v) is 7.01.